The van der Waals surface area contributed by atoms with Gasteiger partial charge in [0.25, 0.3) is 0 Å². The first kappa shape index (κ1) is 17.6. The van der Waals surface area contributed by atoms with Crippen LogP contribution in [0.25, 0.3) is 21.3 Å². The number of anilines is 1. The topological polar surface area (TPSA) is 58.1 Å². The van der Waals surface area contributed by atoms with Crippen molar-refractivity contribution in [1.82, 2.24) is 14.9 Å². The van der Waals surface area contributed by atoms with Gasteiger partial charge in [-0.3, -0.25) is 4.79 Å². The Morgan fingerprint density at radius 3 is 2.79 bits per heavy atom. The molecular weight excluding hydrogens is 368 g/mol. The summed E-state index contributed by atoms with van der Waals surface area (Å²) in [5, 5.41) is 6.98. The minimum Gasteiger partial charge on any atom is -0.365 e. The molecule has 1 saturated heterocycles. The van der Waals surface area contributed by atoms with E-state index in [4.69, 9.17) is 9.97 Å². The van der Waals surface area contributed by atoms with Gasteiger partial charge in [0.05, 0.1) is 5.39 Å². The summed E-state index contributed by atoms with van der Waals surface area (Å²) in [4.78, 5) is 24.9. The predicted octanol–water partition coefficient (Wildman–Crippen LogP) is 4.66. The molecule has 0 radical (unpaired) electrons. The van der Waals surface area contributed by atoms with Crippen molar-refractivity contribution >= 4 is 33.3 Å². The van der Waals surface area contributed by atoms with Crippen LogP contribution in [0.2, 0.25) is 0 Å². The molecule has 2 fully saturated rings. The number of amides is 1. The Hall–Kier alpha value is -2.47. The van der Waals surface area contributed by atoms with Gasteiger partial charge in [-0.2, -0.15) is 0 Å². The van der Waals surface area contributed by atoms with Crippen molar-refractivity contribution in [3.63, 3.8) is 0 Å². The summed E-state index contributed by atoms with van der Waals surface area (Å²) >= 11 is 1.69. The maximum Gasteiger partial charge on any atom is 0.222 e. The van der Waals surface area contributed by atoms with Crippen LogP contribution in [0.15, 0.2) is 35.7 Å². The average Bonchev–Trinajstić information content (AvgIpc) is 3.33. The number of carbonyl (C=O) groups excluding carboxylic acids is 1. The lowest BCUT2D eigenvalue weighted by molar-refractivity contribution is -0.129. The Morgan fingerprint density at radius 2 is 2.04 bits per heavy atom. The second-order valence-electron chi connectivity index (χ2n) is 7.72. The fraction of sp³-hybridized carbons (Fsp3) is 0.409. The highest BCUT2D eigenvalue weighted by Gasteiger charge is 2.30. The van der Waals surface area contributed by atoms with Crippen LogP contribution in [-0.2, 0) is 4.79 Å². The molecule has 0 spiro atoms. The summed E-state index contributed by atoms with van der Waals surface area (Å²) < 4.78 is 0. The third kappa shape index (κ3) is 3.26. The minimum atomic E-state index is 0.233. The maximum absolute atomic E-state index is 12.0. The number of fused-ring (bicyclic) bond motifs is 1. The molecule has 1 aliphatic carbocycles. The lowest BCUT2D eigenvalue weighted by atomic mass is 10.1. The van der Waals surface area contributed by atoms with Crippen LogP contribution in [0.1, 0.15) is 44.3 Å². The van der Waals surface area contributed by atoms with Gasteiger partial charge in [0.1, 0.15) is 16.5 Å². The Morgan fingerprint density at radius 1 is 1.21 bits per heavy atom. The van der Waals surface area contributed by atoms with Crippen molar-refractivity contribution in [1.29, 1.82) is 0 Å². The fourth-order valence-corrected chi connectivity index (χ4v) is 4.89. The number of hydrogen-bond donors (Lipinski definition) is 1. The molecule has 1 amide bonds. The van der Waals surface area contributed by atoms with Gasteiger partial charge < -0.3 is 10.2 Å². The molecule has 0 bridgehead atoms. The molecule has 1 saturated carbocycles. The highest BCUT2D eigenvalue weighted by molar-refractivity contribution is 7.17. The van der Waals surface area contributed by atoms with Crippen LogP contribution in [0, 0.1) is 0 Å². The van der Waals surface area contributed by atoms with Crippen LogP contribution in [-0.4, -0.2) is 39.9 Å². The second kappa shape index (κ2) is 7.17. The van der Waals surface area contributed by atoms with Gasteiger partial charge in [-0.15, -0.1) is 11.3 Å². The molecule has 3 heterocycles. The Kier molecular flexibility index (Phi) is 4.51. The molecule has 2 aliphatic rings. The van der Waals surface area contributed by atoms with Gasteiger partial charge in [0.2, 0.25) is 5.91 Å². The van der Waals surface area contributed by atoms with Crippen LogP contribution in [0.5, 0.6) is 0 Å². The number of thiophene rings is 1. The Labute approximate surface area is 168 Å². The molecule has 28 heavy (non-hydrogen) atoms. The average molecular weight is 393 g/mol. The number of hydrogen-bond acceptors (Lipinski definition) is 5. The quantitative estimate of drug-likeness (QED) is 0.686. The van der Waals surface area contributed by atoms with E-state index in [0.29, 0.717) is 12.3 Å². The summed E-state index contributed by atoms with van der Waals surface area (Å²) in [7, 11) is 0. The smallest absolute Gasteiger partial charge is 0.222 e. The Bertz CT molecular complexity index is 1010. The number of likely N-dealkylation sites (tertiary alicyclic amines) is 1. The zero-order chi connectivity index (χ0) is 19.1. The molecule has 3 aromatic rings. The molecule has 5 nitrogen and oxygen atoms in total. The normalized spacial score (nSPS) is 19.3. The van der Waals surface area contributed by atoms with Crippen LogP contribution in [0.4, 0.5) is 5.82 Å². The molecule has 2 aromatic heterocycles. The van der Waals surface area contributed by atoms with E-state index in [0.717, 1.165) is 41.4 Å². The van der Waals surface area contributed by atoms with Gasteiger partial charge in [0, 0.05) is 42.4 Å². The maximum atomic E-state index is 12.0. The number of nitrogens with zero attached hydrogens (tertiary/aromatic N) is 3. The summed E-state index contributed by atoms with van der Waals surface area (Å²) in [5.74, 6) is 2.64. The van der Waals surface area contributed by atoms with Crippen molar-refractivity contribution in [2.24, 2.45) is 0 Å². The van der Waals surface area contributed by atoms with Gasteiger partial charge in [-0.05, 0) is 24.8 Å². The molecular formula is C22H24N4OS. The van der Waals surface area contributed by atoms with Gasteiger partial charge in [-0.1, -0.05) is 37.3 Å². The van der Waals surface area contributed by atoms with Crippen molar-refractivity contribution in [3.8, 4) is 11.1 Å². The van der Waals surface area contributed by atoms with E-state index in [2.05, 4.69) is 35.0 Å². The zero-order valence-corrected chi connectivity index (χ0v) is 16.8. The van der Waals surface area contributed by atoms with Crippen molar-refractivity contribution in [2.45, 2.75) is 44.6 Å². The summed E-state index contributed by atoms with van der Waals surface area (Å²) in [6.45, 7) is 3.50. The van der Waals surface area contributed by atoms with E-state index in [1.54, 1.807) is 11.3 Å². The van der Waals surface area contributed by atoms with Gasteiger partial charge in [-0.25, -0.2) is 9.97 Å². The Balaban J connectivity index is 1.52. The second-order valence-corrected chi connectivity index (χ2v) is 8.58. The molecule has 1 atom stereocenters. The van der Waals surface area contributed by atoms with Crippen molar-refractivity contribution in [2.75, 3.05) is 18.4 Å². The molecule has 1 unspecified atom stereocenters. The molecule has 6 heteroatoms. The first-order chi connectivity index (χ1) is 13.7. The van der Waals surface area contributed by atoms with Gasteiger partial charge in [0.15, 0.2) is 0 Å². The van der Waals surface area contributed by atoms with E-state index in [1.165, 1.54) is 24.0 Å². The molecule has 5 rings (SSSR count). The van der Waals surface area contributed by atoms with E-state index >= 15 is 0 Å². The minimum absolute atomic E-state index is 0.233. The fourth-order valence-electron chi connectivity index (χ4n) is 3.94. The number of carbonyl (C=O) groups is 1. The van der Waals surface area contributed by atoms with Crippen LogP contribution >= 0.6 is 11.3 Å². The lowest BCUT2D eigenvalue weighted by Gasteiger charge is -2.18. The van der Waals surface area contributed by atoms with Crippen LogP contribution < -0.4 is 5.32 Å². The van der Waals surface area contributed by atoms with Crippen molar-refractivity contribution in [3.05, 3.63) is 41.5 Å². The van der Waals surface area contributed by atoms with E-state index in [-0.39, 0.29) is 11.9 Å². The van der Waals surface area contributed by atoms with E-state index in [9.17, 15) is 4.79 Å². The third-order valence-corrected chi connectivity index (χ3v) is 6.53. The predicted molar refractivity (Wildman–Crippen MR) is 114 cm³/mol. The number of aromatic nitrogens is 2. The zero-order valence-electron chi connectivity index (χ0n) is 16.0. The lowest BCUT2D eigenvalue weighted by Crippen LogP contribution is -2.31. The van der Waals surface area contributed by atoms with E-state index in [1.807, 2.05) is 17.9 Å². The molecule has 1 aromatic carbocycles. The molecule has 1 N–H and O–H groups in total. The summed E-state index contributed by atoms with van der Waals surface area (Å²) in [6.07, 6.45) is 3.90. The molecule has 144 valence electrons. The summed E-state index contributed by atoms with van der Waals surface area (Å²) in [6, 6.07) is 10.7. The number of rotatable bonds is 5. The highest BCUT2D eigenvalue weighted by atomic mass is 32.1. The third-order valence-electron chi connectivity index (χ3n) is 5.66. The molecule has 1 aliphatic heterocycles. The first-order valence-electron chi connectivity index (χ1n) is 10.1. The number of nitrogens with one attached hydrogen (secondary N) is 1. The largest absolute Gasteiger partial charge is 0.365 e. The summed E-state index contributed by atoms with van der Waals surface area (Å²) in [5.41, 5.74) is 2.37. The van der Waals surface area contributed by atoms with Gasteiger partial charge >= 0.3 is 0 Å². The van der Waals surface area contributed by atoms with Crippen molar-refractivity contribution < 1.29 is 4.79 Å². The standard InChI is InChI=1S/C22H24N4OS/c1-2-18(27)26-11-10-16(12-26)23-21-19-17(14-6-4-3-5-7-14)13-28-22(19)25-20(24-21)15-8-9-15/h3-7,13,15-16H,2,8-12H2,1H3,(H,23,24,25). The first-order valence-corrected chi connectivity index (χ1v) is 11.0. The van der Waals surface area contributed by atoms with E-state index < -0.39 is 0 Å². The number of benzene rings is 1. The van der Waals surface area contributed by atoms with Crippen LogP contribution in [0.3, 0.4) is 0 Å². The highest BCUT2D eigenvalue weighted by Crippen LogP contribution is 2.43. The SMILES string of the molecule is CCC(=O)N1CCC(Nc2nc(C3CC3)nc3scc(-c4ccccc4)c23)C1. The monoisotopic (exact) mass is 392 g/mol.